The van der Waals surface area contributed by atoms with Crippen LogP contribution in [0.2, 0.25) is 0 Å². The van der Waals surface area contributed by atoms with Gasteiger partial charge in [0.05, 0.1) is 38.1 Å². The van der Waals surface area contributed by atoms with Crippen LogP contribution in [0.4, 0.5) is 0 Å². The number of hydrogen-bond donors (Lipinski definition) is 10. The Morgan fingerprint density at radius 1 is 0.696 bits per heavy atom. The highest BCUT2D eigenvalue weighted by Gasteiger charge is 2.72. The predicted molar refractivity (Wildman–Crippen MR) is 200 cm³/mol. The molecule has 322 valence electrons. The van der Waals surface area contributed by atoms with E-state index in [1.807, 2.05) is 0 Å². The number of rotatable bonds is 7. The lowest BCUT2D eigenvalue weighted by atomic mass is 9.33. The van der Waals surface area contributed by atoms with Crippen LogP contribution in [0.25, 0.3) is 0 Å². The van der Waals surface area contributed by atoms with E-state index < -0.39 is 109 Å². The molecule has 0 spiro atoms. The maximum absolute atomic E-state index is 12.4. The summed E-state index contributed by atoms with van der Waals surface area (Å²) in [6, 6.07) is 0. The average molecular weight is 799 g/mol. The van der Waals surface area contributed by atoms with E-state index in [2.05, 4.69) is 54.5 Å². The molecule has 20 atom stereocenters. The molecule has 2 heterocycles. The van der Waals surface area contributed by atoms with Gasteiger partial charge in [0.1, 0.15) is 48.8 Å². The number of aliphatic hydroxyl groups excluding tert-OH is 10. The Morgan fingerprint density at radius 3 is 1.95 bits per heavy atom. The Hall–Kier alpha value is -0.820. The number of fused-ring (bicyclic) bond motifs is 7. The van der Waals surface area contributed by atoms with Crippen LogP contribution in [0.5, 0.6) is 0 Å². The van der Waals surface area contributed by atoms with Crippen molar-refractivity contribution < 1.29 is 70.0 Å². The fraction of sp³-hybridized carbons (Fsp3) is 0.952. The van der Waals surface area contributed by atoms with Crippen LogP contribution in [0, 0.1) is 50.2 Å². The molecule has 56 heavy (non-hydrogen) atoms. The van der Waals surface area contributed by atoms with Crippen molar-refractivity contribution in [3.8, 4) is 0 Å². The summed E-state index contributed by atoms with van der Waals surface area (Å²) in [5.74, 6) is -0.214. The van der Waals surface area contributed by atoms with Crippen LogP contribution >= 0.6 is 0 Å². The molecule has 0 unspecified atom stereocenters. The van der Waals surface area contributed by atoms with E-state index in [4.69, 9.17) is 18.9 Å². The van der Waals surface area contributed by atoms with Gasteiger partial charge in [0.25, 0.3) is 0 Å². The third kappa shape index (κ3) is 6.34. The average Bonchev–Trinajstić information content (AvgIpc) is 3.13. The Labute approximate surface area is 330 Å². The molecule has 0 radical (unpaired) electrons. The highest BCUT2D eigenvalue weighted by atomic mass is 16.8. The molecule has 5 aliphatic carbocycles. The van der Waals surface area contributed by atoms with Gasteiger partial charge in [0.15, 0.2) is 12.6 Å². The Balaban J connectivity index is 1.21. The topological polar surface area (TPSA) is 239 Å². The van der Waals surface area contributed by atoms with Crippen molar-refractivity contribution in [2.75, 3.05) is 19.8 Å². The zero-order valence-electron chi connectivity index (χ0n) is 34.2. The summed E-state index contributed by atoms with van der Waals surface area (Å²) < 4.78 is 24.2. The summed E-state index contributed by atoms with van der Waals surface area (Å²) in [5.41, 5.74) is -0.943. The minimum absolute atomic E-state index is 0.00458. The third-order valence-corrected chi connectivity index (χ3v) is 17.4. The first-order valence-corrected chi connectivity index (χ1v) is 21.0. The highest BCUT2D eigenvalue weighted by Crippen LogP contribution is 2.75. The second-order valence-electron chi connectivity index (χ2n) is 21.0. The summed E-state index contributed by atoms with van der Waals surface area (Å²) in [4.78, 5) is 0. The zero-order valence-corrected chi connectivity index (χ0v) is 34.2. The Kier molecular flexibility index (Phi) is 11.3. The minimum Gasteiger partial charge on any atom is -0.394 e. The van der Waals surface area contributed by atoms with Gasteiger partial charge >= 0.3 is 0 Å². The molecule has 0 amide bonds. The molecule has 0 aromatic heterocycles. The van der Waals surface area contributed by atoms with Crippen molar-refractivity contribution in [3.63, 3.8) is 0 Å². The van der Waals surface area contributed by atoms with Gasteiger partial charge in [0, 0.05) is 23.2 Å². The van der Waals surface area contributed by atoms with Gasteiger partial charge in [-0.15, -0.1) is 0 Å². The first-order chi connectivity index (χ1) is 26.0. The maximum Gasteiger partial charge on any atom is 0.187 e. The fourth-order valence-electron chi connectivity index (χ4n) is 13.6. The summed E-state index contributed by atoms with van der Waals surface area (Å²) in [7, 11) is 0. The zero-order chi connectivity index (χ0) is 41.1. The standard InChI is InChI=1S/C42H70O14/c1-37(2)10-12-42(19-53-36-33(31(51)29(49)24(18-44)55-36)56-35-32(52)30(50)28(48)23(17-43)54-35)13-11-39(5)20(21(42)16-37)14-22(45)34-40(39,6)9-8-25-38(3,4)26(46)15-27(47)41(25,34)7/h14,21-36,43-52H,8-13,15-19H2,1-7H3/t21-,22-,23-,24-,25-,26+,27-,28-,29-,30+,31+,32-,33-,34-,35+,36-,39-,40-,41-,42-/m1/s1. The van der Waals surface area contributed by atoms with Crippen molar-refractivity contribution in [1.29, 1.82) is 0 Å². The van der Waals surface area contributed by atoms with Crippen molar-refractivity contribution in [2.45, 2.75) is 180 Å². The van der Waals surface area contributed by atoms with Crippen LogP contribution in [0.3, 0.4) is 0 Å². The number of hydrogen-bond acceptors (Lipinski definition) is 14. The molecule has 0 aromatic carbocycles. The van der Waals surface area contributed by atoms with E-state index in [1.165, 1.54) is 5.57 Å². The van der Waals surface area contributed by atoms with E-state index in [1.54, 1.807) is 0 Å². The molecule has 14 heteroatoms. The molecule has 7 rings (SSSR count). The SMILES string of the molecule is CC1(C)CC[C@]2(CO[C@@H]3O[C@H](CO)[C@@H](O)[C@H](O)[C@H]3O[C@@H]3O[C@H](CO)[C@@H](O)[C@H](O)[C@H]3O)CC[C@]3(C)C(=C[C@@H](O)[C@H]4[C@@]5(C)[C@H](O)C[C@H](O)C(C)(C)[C@H]5CC[C@]43C)[C@H]2C1. The fourth-order valence-corrected chi connectivity index (χ4v) is 13.6. The van der Waals surface area contributed by atoms with Gasteiger partial charge < -0.3 is 70.0 Å². The van der Waals surface area contributed by atoms with Gasteiger partial charge in [-0.2, -0.15) is 0 Å². The largest absolute Gasteiger partial charge is 0.394 e. The summed E-state index contributed by atoms with van der Waals surface area (Å²) in [5, 5.41) is 109. The number of aliphatic hydroxyl groups is 10. The lowest BCUT2D eigenvalue weighted by Crippen LogP contribution is -2.70. The number of allylic oxidation sites excluding steroid dienone is 1. The van der Waals surface area contributed by atoms with E-state index in [9.17, 15) is 51.1 Å². The summed E-state index contributed by atoms with van der Waals surface area (Å²) >= 11 is 0. The van der Waals surface area contributed by atoms with E-state index >= 15 is 0 Å². The molecule has 2 aliphatic heterocycles. The van der Waals surface area contributed by atoms with E-state index in [0.717, 1.165) is 44.9 Å². The van der Waals surface area contributed by atoms with Gasteiger partial charge in [-0.3, -0.25) is 0 Å². The smallest absolute Gasteiger partial charge is 0.187 e. The maximum atomic E-state index is 12.4. The van der Waals surface area contributed by atoms with Crippen LogP contribution in [-0.4, -0.2) is 151 Å². The van der Waals surface area contributed by atoms with Crippen molar-refractivity contribution in [2.24, 2.45) is 50.2 Å². The lowest BCUT2D eigenvalue weighted by Gasteiger charge is -2.72. The van der Waals surface area contributed by atoms with Gasteiger partial charge in [-0.25, -0.2) is 0 Å². The molecule has 6 fully saturated rings. The second-order valence-corrected chi connectivity index (χ2v) is 21.0. The normalized spacial score (nSPS) is 55.2. The molecule has 10 N–H and O–H groups in total. The number of ether oxygens (including phenoxy) is 4. The molecule has 0 bridgehead atoms. The van der Waals surface area contributed by atoms with Crippen LogP contribution in [0.1, 0.15) is 99.8 Å². The Bertz CT molecular complexity index is 1470. The molecular weight excluding hydrogens is 728 g/mol. The van der Waals surface area contributed by atoms with Gasteiger partial charge in [-0.05, 0) is 78.4 Å². The monoisotopic (exact) mass is 798 g/mol. The molecule has 7 aliphatic rings. The first kappa shape index (κ1) is 43.3. The predicted octanol–water partition coefficient (Wildman–Crippen LogP) is 0.731. The van der Waals surface area contributed by atoms with Crippen LogP contribution in [0.15, 0.2) is 11.6 Å². The van der Waals surface area contributed by atoms with Crippen molar-refractivity contribution in [1.82, 2.24) is 0 Å². The molecular formula is C42H70O14. The van der Waals surface area contributed by atoms with Gasteiger partial charge in [0.2, 0.25) is 0 Å². The van der Waals surface area contributed by atoms with E-state index in [-0.39, 0.29) is 47.0 Å². The third-order valence-electron chi connectivity index (χ3n) is 17.4. The minimum atomic E-state index is -1.77. The molecule has 4 saturated carbocycles. The summed E-state index contributed by atoms with van der Waals surface area (Å²) in [6.07, 6.45) is -9.36. The second kappa shape index (κ2) is 14.7. The quantitative estimate of drug-likeness (QED) is 0.160. The van der Waals surface area contributed by atoms with E-state index in [0.29, 0.717) is 0 Å². The molecule has 14 nitrogen and oxygen atoms in total. The van der Waals surface area contributed by atoms with Crippen LogP contribution in [-0.2, 0) is 18.9 Å². The molecule has 0 aromatic rings. The summed E-state index contributed by atoms with van der Waals surface area (Å²) in [6.45, 7) is 14.4. The Morgan fingerprint density at radius 2 is 1.30 bits per heavy atom. The first-order valence-electron chi connectivity index (χ1n) is 21.0. The van der Waals surface area contributed by atoms with Crippen LogP contribution < -0.4 is 0 Å². The van der Waals surface area contributed by atoms with Crippen molar-refractivity contribution >= 4 is 0 Å². The highest BCUT2D eigenvalue weighted by molar-refractivity contribution is 5.36. The van der Waals surface area contributed by atoms with Gasteiger partial charge in [-0.1, -0.05) is 60.1 Å². The van der Waals surface area contributed by atoms with Crippen molar-refractivity contribution in [3.05, 3.63) is 11.6 Å². The molecule has 2 saturated heterocycles. The lowest BCUT2D eigenvalue weighted by molar-refractivity contribution is -0.370.